The van der Waals surface area contributed by atoms with Crippen molar-refractivity contribution < 1.29 is 9.32 Å². The largest absolute Gasteiger partial charge is 0.363 e. The van der Waals surface area contributed by atoms with E-state index in [0.717, 1.165) is 36.5 Å². The Morgan fingerprint density at radius 1 is 1.42 bits per heavy atom. The van der Waals surface area contributed by atoms with Crippen LogP contribution in [0.2, 0.25) is 0 Å². The molecule has 4 nitrogen and oxygen atoms in total. The first-order valence-corrected chi connectivity index (χ1v) is 6.44. The molecule has 0 saturated carbocycles. The fourth-order valence-electron chi connectivity index (χ4n) is 2.53. The van der Waals surface area contributed by atoms with Gasteiger partial charge < -0.3 is 9.42 Å². The molecule has 1 aromatic heterocycles. The summed E-state index contributed by atoms with van der Waals surface area (Å²) in [4.78, 5) is 13.6. The molecule has 0 aliphatic carbocycles. The van der Waals surface area contributed by atoms with Crippen molar-refractivity contribution in [3.05, 3.63) is 46.8 Å². The third kappa shape index (κ3) is 2.26. The van der Waals surface area contributed by atoms with Gasteiger partial charge >= 0.3 is 0 Å². The van der Waals surface area contributed by atoms with Crippen LogP contribution in [0, 0.1) is 6.92 Å². The predicted molar refractivity (Wildman–Crippen MR) is 72.4 cm³/mol. The van der Waals surface area contributed by atoms with E-state index in [4.69, 9.17) is 4.52 Å². The van der Waals surface area contributed by atoms with E-state index < -0.39 is 0 Å². The van der Waals surface area contributed by atoms with Gasteiger partial charge in [-0.2, -0.15) is 0 Å². The minimum atomic E-state index is 0.118. The molecule has 0 amide bonds. The molecule has 98 valence electrons. The summed E-state index contributed by atoms with van der Waals surface area (Å²) in [7, 11) is 0. The number of aryl methyl sites for hydroxylation is 1. The minimum absolute atomic E-state index is 0.118. The second-order valence-electron chi connectivity index (χ2n) is 5.01. The van der Waals surface area contributed by atoms with Gasteiger partial charge in [0.25, 0.3) is 0 Å². The van der Waals surface area contributed by atoms with Gasteiger partial charge in [-0.1, -0.05) is 5.16 Å². The lowest BCUT2D eigenvalue weighted by molar-refractivity contribution is 0.101. The number of hydrogen-bond donors (Lipinski definition) is 0. The molecule has 0 spiro atoms. The van der Waals surface area contributed by atoms with Crippen LogP contribution in [0.5, 0.6) is 0 Å². The summed E-state index contributed by atoms with van der Waals surface area (Å²) >= 11 is 0. The quantitative estimate of drug-likeness (QED) is 0.792. The Morgan fingerprint density at radius 3 is 2.95 bits per heavy atom. The number of anilines is 1. The molecule has 0 saturated heterocycles. The van der Waals surface area contributed by atoms with Crippen molar-refractivity contribution in [2.45, 2.75) is 26.8 Å². The van der Waals surface area contributed by atoms with E-state index in [-0.39, 0.29) is 5.78 Å². The topological polar surface area (TPSA) is 46.3 Å². The normalized spacial score (nSPS) is 13.7. The van der Waals surface area contributed by atoms with Crippen molar-refractivity contribution in [2.24, 2.45) is 0 Å². The van der Waals surface area contributed by atoms with Crippen molar-refractivity contribution in [2.75, 3.05) is 11.4 Å². The average molecular weight is 256 g/mol. The molecular formula is C15H16N2O2. The Hall–Kier alpha value is -2.10. The Morgan fingerprint density at radius 2 is 2.26 bits per heavy atom. The van der Waals surface area contributed by atoms with Gasteiger partial charge in [0.1, 0.15) is 0 Å². The summed E-state index contributed by atoms with van der Waals surface area (Å²) in [6.45, 7) is 5.21. The number of ketones is 1. The van der Waals surface area contributed by atoms with Crippen molar-refractivity contribution in [3.63, 3.8) is 0 Å². The molecule has 3 rings (SSSR count). The summed E-state index contributed by atoms with van der Waals surface area (Å²) in [5.41, 5.74) is 4.13. The molecule has 0 radical (unpaired) electrons. The maximum Gasteiger partial charge on any atom is 0.159 e. The molecule has 0 bridgehead atoms. The summed E-state index contributed by atoms with van der Waals surface area (Å²) in [6, 6.07) is 7.89. The van der Waals surface area contributed by atoms with Crippen LogP contribution >= 0.6 is 0 Å². The number of carbonyl (C=O) groups is 1. The number of benzene rings is 1. The number of hydrogen-bond acceptors (Lipinski definition) is 4. The molecule has 19 heavy (non-hydrogen) atoms. The second kappa shape index (κ2) is 4.53. The molecule has 0 unspecified atom stereocenters. The number of Topliss-reactive ketones (excluding diaryl/α,β-unsaturated/α-hetero) is 1. The molecule has 0 N–H and O–H groups in total. The van der Waals surface area contributed by atoms with Crippen molar-refractivity contribution >= 4 is 11.5 Å². The highest BCUT2D eigenvalue weighted by Crippen LogP contribution is 2.30. The van der Waals surface area contributed by atoms with Crippen LogP contribution in [0.3, 0.4) is 0 Å². The zero-order valence-electron chi connectivity index (χ0n) is 11.1. The lowest BCUT2D eigenvalue weighted by Crippen LogP contribution is -2.19. The highest BCUT2D eigenvalue weighted by Gasteiger charge is 2.21. The van der Waals surface area contributed by atoms with E-state index in [1.807, 2.05) is 31.2 Å². The first kappa shape index (κ1) is 12.0. The molecular weight excluding hydrogens is 240 g/mol. The molecule has 2 aromatic rings. The first-order valence-electron chi connectivity index (χ1n) is 6.44. The lowest BCUT2D eigenvalue weighted by atomic mass is 10.1. The smallest absolute Gasteiger partial charge is 0.159 e. The van der Waals surface area contributed by atoms with E-state index in [2.05, 4.69) is 10.1 Å². The van der Waals surface area contributed by atoms with Gasteiger partial charge in [-0.05, 0) is 44.0 Å². The Bertz CT molecular complexity index is 631. The standard InChI is InChI=1S/C15H16N2O2/c1-10-7-14(19-16-10)9-17-6-5-13-8-12(11(2)18)3-4-15(13)17/h3-4,7-8H,5-6,9H2,1-2H3. The first-order chi connectivity index (χ1) is 9.13. The SMILES string of the molecule is CC(=O)c1ccc2c(c1)CCN2Cc1cc(C)no1. The Balaban J connectivity index is 1.84. The average Bonchev–Trinajstić information content (AvgIpc) is 2.96. The van der Waals surface area contributed by atoms with Crippen LogP contribution in [0.1, 0.15) is 34.3 Å². The monoisotopic (exact) mass is 256 g/mol. The number of aromatic nitrogens is 1. The third-order valence-electron chi connectivity index (χ3n) is 3.50. The second-order valence-corrected chi connectivity index (χ2v) is 5.01. The van der Waals surface area contributed by atoms with E-state index >= 15 is 0 Å². The predicted octanol–water partition coefficient (Wildman–Crippen LogP) is 2.75. The van der Waals surface area contributed by atoms with Gasteiger partial charge in [0.2, 0.25) is 0 Å². The van der Waals surface area contributed by atoms with Gasteiger partial charge in [0, 0.05) is 23.9 Å². The minimum Gasteiger partial charge on any atom is -0.363 e. The Labute approximate surface area is 112 Å². The van der Waals surface area contributed by atoms with Crippen LogP contribution < -0.4 is 4.90 Å². The summed E-state index contributed by atoms with van der Waals surface area (Å²) in [5.74, 6) is 0.994. The molecule has 1 aromatic carbocycles. The number of fused-ring (bicyclic) bond motifs is 1. The maximum atomic E-state index is 11.4. The fourth-order valence-corrected chi connectivity index (χ4v) is 2.53. The molecule has 1 aliphatic heterocycles. The van der Waals surface area contributed by atoms with Gasteiger partial charge in [0.15, 0.2) is 11.5 Å². The lowest BCUT2D eigenvalue weighted by Gasteiger charge is -2.17. The van der Waals surface area contributed by atoms with Gasteiger partial charge in [0.05, 0.1) is 12.2 Å². The van der Waals surface area contributed by atoms with E-state index in [1.54, 1.807) is 6.92 Å². The van der Waals surface area contributed by atoms with Crippen LogP contribution in [0.25, 0.3) is 0 Å². The maximum absolute atomic E-state index is 11.4. The summed E-state index contributed by atoms with van der Waals surface area (Å²) in [6.07, 6.45) is 0.976. The molecule has 1 aliphatic rings. The summed E-state index contributed by atoms with van der Waals surface area (Å²) < 4.78 is 5.26. The molecule has 2 heterocycles. The van der Waals surface area contributed by atoms with E-state index in [0.29, 0.717) is 0 Å². The van der Waals surface area contributed by atoms with Gasteiger partial charge in [-0.3, -0.25) is 4.79 Å². The molecule has 4 heteroatoms. The van der Waals surface area contributed by atoms with Crippen LogP contribution in [0.15, 0.2) is 28.8 Å². The molecule has 0 atom stereocenters. The van der Waals surface area contributed by atoms with Crippen LogP contribution in [-0.2, 0) is 13.0 Å². The van der Waals surface area contributed by atoms with Crippen molar-refractivity contribution in [1.82, 2.24) is 5.16 Å². The van der Waals surface area contributed by atoms with E-state index in [9.17, 15) is 4.79 Å². The van der Waals surface area contributed by atoms with Crippen LogP contribution in [-0.4, -0.2) is 17.5 Å². The zero-order chi connectivity index (χ0) is 13.4. The zero-order valence-corrected chi connectivity index (χ0v) is 11.1. The van der Waals surface area contributed by atoms with Crippen molar-refractivity contribution in [3.8, 4) is 0 Å². The fraction of sp³-hybridized carbons (Fsp3) is 0.333. The van der Waals surface area contributed by atoms with E-state index in [1.165, 1.54) is 11.3 Å². The number of rotatable bonds is 3. The summed E-state index contributed by atoms with van der Waals surface area (Å²) in [5, 5.41) is 3.91. The molecule has 0 fully saturated rings. The van der Waals surface area contributed by atoms with Crippen molar-refractivity contribution in [1.29, 1.82) is 0 Å². The number of nitrogens with zero attached hydrogens (tertiary/aromatic N) is 2. The third-order valence-corrected chi connectivity index (χ3v) is 3.50. The highest BCUT2D eigenvalue weighted by atomic mass is 16.5. The number of carbonyl (C=O) groups excluding carboxylic acids is 1. The van der Waals surface area contributed by atoms with Gasteiger partial charge in [-0.15, -0.1) is 0 Å². The Kier molecular flexibility index (Phi) is 2.85. The van der Waals surface area contributed by atoms with Crippen LogP contribution in [0.4, 0.5) is 5.69 Å². The van der Waals surface area contributed by atoms with Gasteiger partial charge in [-0.25, -0.2) is 0 Å². The highest BCUT2D eigenvalue weighted by molar-refractivity contribution is 5.94.